The molecular weight excluding hydrogens is 292 g/mol. The smallest absolute Gasteiger partial charge is 0.305 e. The second-order valence-electron chi connectivity index (χ2n) is 6.69. The van der Waals surface area contributed by atoms with Crippen LogP contribution in [0, 0.1) is 0 Å². The van der Waals surface area contributed by atoms with Crippen molar-refractivity contribution in [3.63, 3.8) is 0 Å². The zero-order valence-electron chi connectivity index (χ0n) is 14.8. The molecule has 2 atom stereocenters. The van der Waals surface area contributed by atoms with E-state index < -0.39 is 0 Å². The fourth-order valence-electron chi connectivity index (χ4n) is 3.28. The molecule has 130 valence electrons. The summed E-state index contributed by atoms with van der Waals surface area (Å²) < 4.78 is 4.65. The van der Waals surface area contributed by atoms with Crippen LogP contribution in [0.25, 0.3) is 0 Å². The molecule has 0 saturated carbocycles. The average Bonchev–Trinajstić information content (AvgIpc) is 2.97. The molecule has 0 spiro atoms. The lowest BCUT2D eigenvalue weighted by Crippen LogP contribution is -1.99. The fourth-order valence-corrected chi connectivity index (χ4v) is 4.97. The van der Waals surface area contributed by atoms with Crippen molar-refractivity contribution in [3.05, 3.63) is 0 Å². The largest absolute Gasteiger partial charge is 0.469 e. The minimum absolute atomic E-state index is 0.0632. The molecule has 1 fully saturated rings. The molecule has 1 aliphatic rings. The summed E-state index contributed by atoms with van der Waals surface area (Å²) in [6.07, 6.45) is 18.1. The van der Waals surface area contributed by atoms with Gasteiger partial charge >= 0.3 is 5.97 Å². The van der Waals surface area contributed by atoms with Gasteiger partial charge in [0.15, 0.2) is 0 Å². The van der Waals surface area contributed by atoms with Crippen LogP contribution in [0.1, 0.15) is 96.8 Å². The molecule has 1 saturated heterocycles. The van der Waals surface area contributed by atoms with Gasteiger partial charge in [0.05, 0.1) is 7.11 Å². The summed E-state index contributed by atoms with van der Waals surface area (Å²) in [4.78, 5) is 11.0. The van der Waals surface area contributed by atoms with Crippen molar-refractivity contribution in [2.75, 3.05) is 7.11 Å². The first-order valence-corrected chi connectivity index (χ1v) is 10.4. The highest BCUT2D eigenvalue weighted by molar-refractivity contribution is 8.00. The second kappa shape index (κ2) is 13.3. The molecule has 0 aromatic rings. The minimum atomic E-state index is -0.0632. The highest BCUT2D eigenvalue weighted by Crippen LogP contribution is 2.39. The lowest BCUT2D eigenvalue weighted by molar-refractivity contribution is -0.140. The molecule has 0 amide bonds. The van der Waals surface area contributed by atoms with E-state index in [4.69, 9.17) is 0 Å². The number of methoxy groups -OCH3 is 1. The number of hydrogen-bond acceptors (Lipinski definition) is 3. The van der Waals surface area contributed by atoms with E-state index >= 15 is 0 Å². The van der Waals surface area contributed by atoms with E-state index in [-0.39, 0.29) is 5.97 Å². The number of thioether (sulfide) groups is 1. The third kappa shape index (κ3) is 9.76. The normalized spacial score (nSPS) is 21.2. The van der Waals surface area contributed by atoms with Gasteiger partial charge in [-0.05, 0) is 32.1 Å². The van der Waals surface area contributed by atoms with Gasteiger partial charge < -0.3 is 4.74 Å². The molecule has 0 aliphatic carbocycles. The van der Waals surface area contributed by atoms with E-state index in [1.54, 1.807) is 0 Å². The first kappa shape index (κ1) is 19.9. The van der Waals surface area contributed by atoms with Gasteiger partial charge in [0.1, 0.15) is 0 Å². The monoisotopic (exact) mass is 328 g/mol. The highest BCUT2D eigenvalue weighted by atomic mass is 32.2. The van der Waals surface area contributed by atoms with E-state index in [1.807, 2.05) is 0 Å². The molecule has 0 aromatic carbocycles. The van der Waals surface area contributed by atoms with Crippen LogP contribution in [-0.4, -0.2) is 23.6 Å². The summed E-state index contributed by atoms with van der Waals surface area (Å²) in [7, 11) is 1.47. The van der Waals surface area contributed by atoms with Crippen molar-refractivity contribution in [1.82, 2.24) is 0 Å². The van der Waals surface area contributed by atoms with Crippen LogP contribution in [0.2, 0.25) is 0 Å². The van der Waals surface area contributed by atoms with E-state index in [2.05, 4.69) is 23.4 Å². The zero-order valence-corrected chi connectivity index (χ0v) is 15.6. The van der Waals surface area contributed by atoms with Crippen molar-refractivity contribution in [2.45, 2.75) is 107 Å². The molecule has 2 unspecified atom stereocenters. The number of esters is 1. The van der Waals surface area contributed by atoms with Gasteiger partial charge in [-0.1, -0.05) is 58.3 Å². The van der Waals surface area contributed by atoms with Gasteiger partial charge in [-0.25, -0.2) is 0 Å². The predicted octanol–water partition coefficient (Wildman–Crippen LogP) is 6.12. The Morgan fingerprint density at radius 2 is 1.45 bits per heavy atom. The molecule has 1 rings (SSSR count). The zero-order chi connectivity index (χ0) is 16.0. The molecule has 22 heavy (non-hydrogen) atoms. The third-order valence-electron chi connectivity index (χ3n) is 4.71. The number of unbranched alkanes of at least 4 members (excludes halogenated alkanes) is 7. The van der Waals surface area contributed by atoms with Crippen LogP contribution in [0.4, 0.5) is 0 Å². The van der Waals surface area contributed by atoms with Gasteiger partial charge in [0, 0.05) is 16.9 Å². The third-order valence-corrected chi connectivity index (χ3v) is 6.42. The predicted molar refractivity (Wildman–Crippen MR) is 97.5 cm³/mol. The summed E-state index contributed by atoms with van der Waals surface area (Å²) in [5, 5.41) is 1.92. The number of ether oxygens (including phenoxy) is 1. The number of carbonyl (C=O) groups is 1. The molecule has 0 N–H and O–H groups in total. The molecular formula is C19H36O2S. The maximum absolute atomic E-state index is 11.0. The van der Waals surface area contributed by atoms with Crippen molar-refractivity contribution < 1.29 is 9.53 Å². The minimum Gasteiger partial charge on any atom is -0.469 e. The van der Waals surface area contributed by atoms with Gasteiger partial charge in [0.2, 0.25) is 0 Å². The van der Waals surface area contributed by atoms with Crippen LogP contribution in [0.5, 0.6) is 0 Å². The topological polar surface area (TPSA) is 26.3 Å². The Labute approximate surface area is 142 Å². The molecule has 2 nitrogen and oxygen atoms in total. The lowest BCUT2D eigenvalue weighted by Gasteiger charge is -2.11. The van der Waals surface area contributed by atoms with Gasteiger partial charge in [-0.2, -0.15) is 11.8 Å². The first-order valence-electron chi connectivity index (χ1n) is 9.48. The number of hydrogen-bond donors (Lipinski definition) is 0. The van der Waals surface area contributed by atoms with Crippen molar-refractivity contribution in [3.8, 4) is 0 Å². The molecule has 0 aromatic heterocycles. The van der Waals surface area contributed by atoms with Crippen molar-refractivity contribution >= 4 is 17.7 Å². The van der Waals surface area contributed by atoms with Gasteiger partial charge in [0.25, 0.3) is 0 Å². The van der Waals surface area contributed by atoms with Gasteiger partial charge in [-0.15, -0.1) is 0 Å². The summed E-state index contributed by atoms with van der Waals surface area (Å²) >= 11 is 2.29. The molecule has 0 bridgehead atoms. The first-order chi connectivity index (χ1) is 10.8. The molecule has 1 heterocycles. The van der Waals surface area contributed by atoms with Crippen LogP contribution < -0.4 is 0 Å². The summed E-state index contributed by atoms with van der Waals surface area (Å²) in [5.74, 6) is -0.0632. The Hall–Kier alpha value is -0.180. The second-order valence-corrected chi connectivity index (χ2v) is 8.29. The summed E-state index contributed by atoms with van der Waals surface area (Å²) in [6, 6.07) is 0. The molecule has 0 radical (unpaired) electrons. The average molecular weight is 329 g/mol. The summed E-state index contributed by atoms with van der Waals surface area (Å²) in [5.41, 5.74) is 0. The van der Waals surface area contributed by atoms with Crippen LogP contribution in [-0.2, 0) is 9.53 Å². The van der Waals surface area contributed by atoms with Crippen molar-refractivity contribution in [2.24, 2.45) is 0 Å². The van der Waals surface area contributed by atoms with E-state index in [1.165, 1.54) is 84.2 Å². The lowest BCUT2D eigenvalue weighted by atomic mass is 10.0. The Morgan fingerprint density at radius 1 is 0.909 bits per heavy atom. The fraction of sp³-hybridized carbons (Fsp3) is 0.947. The van der Waals surface area contributed by atoms with E-state index in [0.29, 0.717) is 6.42 Å². The van der Waals surface area contributed by atoms with Crippen molar-refractivity contribution in [1.29, 1.82) is 0 Å². The quantitative estimate of drug-likeness (QED) is 0.301. The maximum Gasteiger partial charge on any atom is 0.305 e. The highest BCUT2D eigenvalue weighted by Gasteiger charge is 2.24. The Balaban J connectivity index is 1.86. The number of carbonyl (C=O) groups excluding carboxylic acids is 1. The summed E-state index contributed by atoms with van der Waals surface area (Å²) in [6.45, 7) is 2.29. The van der Waals surface area contributed by atoms with Gasteiger partial charge in [-0.3, -0.25) is 4.79 Å². The van der Waals surface area contributed by atoms with Crippen LogP contribution in [0.15, 0.2) is 0 Å². The Morgan fingerprint density at radius 3 is 2.05 bits per heavy atom. The standard InChI is InChI=1S/C19H36O2S/c1-3-4-9-12-17-15-16-18(22-17)13-10-7-5-6-8-11-14-19(20)21-2/h17-18H,3-16H2,1-2H3. The number of rotatable bonds is 13. The SMILES string of the molecule is CCCCCC1CCC(CCCCCCCCC(=O)OC)S1. The molecule has 3 heteroatoms. The Bertz CT molecular complexity index is 281. The van der Waals surface area contributed by atoms with E-state index in [9.17, 15) is 4.79 Å². The van der Waals surface area contributed by atoms with Crippen LogP contribution in [0.3, 0.4) is 0 Å². The van der Waals surface area contributed by atoms with E-state index in [0.717, 1.165) is 16.9 Å². The molecule has 1 aliphatic heterocycles. The Kier molecular flexibility index (Phi) is 12.0. The van der Waals surface area contributed by atoms with Crippen LogP contribution >= 0.6 is 11.8 Å². The maximum atomic E-state index is 11.0.